The third kappa shape index (κ3) is 6.32. The van der Waals surface area contributed by atoms with Gasteiger partial charge in [0.25, 0.3) is 6.43 Å². The highest BCUT2D eigenvalue weighted by atomic mass is 19.3. The molecule has 0 heterocycles. The molecule has 1 N–H and O–H groups in total. The molecule has 102 valence electrons. The molecule has 0 radical (unpaired) electrons. The van der Waals surface area contributed by atoms with Gasteiger partial charge in [-0.05, 0) is 38.1 Å². The van der Waals surface area contributed by atoms with E-state index in [1.807, 2.05) is 0 Å². The summed E-state index contributed by atoms with van der Waals surface area (Å²) in [6.07, 6.45) is 4.80. The maximum atomic E-state index is 11.9. The maximum Gasteiger partial charge on any atom is 0.261 e. The van der Waals surface area contributed by atoms with Crippen LogP contribution in [0.1, 0.15) is 45.4 Å². The highest BCUT2D eigenvalue weighted by Crippen LogP contribution is 2.29. The molecule has 4 heteroatoms. The molecule has 2 nitrogen and oxygen atoms in total. The lowest BCUT2D eigenvalue weighted by Crippen LogP contribution is -2.36. The van der Waals surface area contributed by atoms with Gasteiger partial charge in [0.05, 0.1) is 0 Å². The van der Waals surface area contributed by atoms with Crippen LogP contribution in [0.2, 0.25) is 0 Å². The van der Waals surface area contributed by atoms with Crippen LogP contribution in [0.15, 0.2) is 0 Å². The predicted octanol–water partition coefficient (Wildman–Crippen LogP) is 3.22. The molecule has 0 aliphatic heterocycles. The first-order chi connectivity index (χ1) is 8.24. The minimum Gasteiger partial charge on any atom is -0.375 e. The predicted molar refractivity (Wildman–Crippen MR) is 65.5 cm³/mol. The lowest BCUT2D eigenvalue weighted by molar-refractivity contribution is 0.0128. The Morgan fingerprint density at radius 3 is 2.59 bits per heavy atom. The van der Waals surface area contributed by atoms with Gasteiger partial charge in [-0.1, -0.05) is 19.8 Å². The van der Waals surface area contributed by atoms with Crippen molar-refractivity contribution in [1.82, 2.24) is 5.32 Å². The third-order valence-electron chi connectivity index (χ3n) is 3.44. The van der Waals surface area contributed by atoms with Crippen LogP contribution in [0.25, 0.3) is 0 Å². The Morgan fingerprint density at radius 1 is 1.29 bits per heavy atom. The van der Waals surface area contributed by atoms with E-state index in [-0.39, 0.29) is 0 Å². The first-order valence-electron chi connectivity index (χ1n) is 6.83. The van der Waals surface area contributed by atoms with E-state index in [1.165, 1.54) is 25.7 Å². The number of nitrogens with one attached hydrogen (secondary N) is 1. The average molecular weight is 249 g/mol. The lowest BCUT2D eigenvalue weighted by atomic mass is 9.95. The van der Waals surface area contributed by atoms with Gasteiger partial charge in [0.1, 0.15) is 6.61 Å². The van der Waals surface area contributed by atoms with E-state index in [0.29, 0.717) is 12.6 Å². The summed E-state index contributed by atoms with van der Waals surface area (Å²) in [7, 11) is 0. The van der Waals surface area contributed by atoms with Gasteiger partial charge >= 0.3 is 0 Å². The Kier molecular flexibility index (Phi) is 7.69. The van der Waals surface area contributed by atoms with Crippen molar-refractivity contribution in [2.75, 3.05) is 19.8 Å². The molecule has 1 fully saturated rings. The molecule has 0 bridgehead atoms. The molecule has 1 aliphatic rings. The Labute approximate surface area is 103 Å². The van der Waals surface area contributed by atoms with Gasteiger partial charge in [0.15, 0.2) is 0 Å². The summed E-state index contributed by atoms with van der Waals surface area (Å²) in [5, 5.41) is 3.53. The Bertz CT molecular complexity index is 184. The van der Waals surface area contributed by atoms with Crippen molar-refractivity contribution in [2.45, 2.75) is 57.9 Å². The van der Waals surface area contributed by atoms with Crippen LogP contribution in [-0.4, -0.2) is 32.2 Å². The van der Waals surface area contributed by atoms with Crippen molar-refractivity contribution >= 4 is 0 Å². The van der Waals surface area contributed by atoms with E-state index in [9.17, 15) is 8.78 Å². The van der Waals surface area contributed by atoms with Crippen molar-refractivity contribution in [1.29, 1.82) is 0 Å². The first kappa shape index (κ1) is 14.8. The number of rotatable bonds is 9. The summed E-state index contributed by atoms with van der Waals surface area (Å²) in [4.78, 5) is 0. The third-order valence-corrected chi connectivity index (χ3v) is 3.44. The van der Waals surface area contributed by atoms with Gasteiger partial charge in [0, 0.05) is 12.6 Å². The zero-order valence-electron chi connectivity index (χ0n) is 10.8. The summed E-state index contributed by atoms with van der Waals surface area (Å²) < 4.78 is 28.8. The minimum atomic E-state index is -2.34. The molecule has 0 aromatic rings. The normalized spacial score (nSPS) is 19.1. The highest BCUT2D eigenvalue weighted by molar-refractivity contribution is 4.80. The molecular formula is C13H25F2NO. The van der Waals surface area contributed by atoms with Crippen LogP contribution in [0.3, 0.4) is 0 Å². The number of halogens is 2. The minimum absolute atomic E-state index is 0.425. The summed E-state index contributed by atoms with van der Waals surface area (Å²) in [5.74, 6) is 0.719. The molecule has 17 heavy (non-hydrogen) atoms. The molecule has 1 atom stereocenters. The fourth-order valence-corrected chi connectivity index (χ4v) is 2.58. The molecular weight excluding hydrogens is 224 g/mol. The standard InChI is InChI=1S/C13H25F2NO/c1-2-8-16-12(11-5-3-4-6-11)7-9-17-10-13(14)15/h11-13,16H,2-10H2,1H3. The number of hydrogen-bond donors (Lipinski definition) is 1. The van der Waals surface area contributed by atoms with Crippen molar-refractivity contribution in [3.05, 3.63) is 0 Å². The van der Waals surface area contributed by atoms with E-state index in [2.05, 4.69) is 12.2 Å². The maximum absolute atomic E-state index is 11.9. The van der Waals surface area contributed by atoms with E-state index < -0.39 is 13.0 Å². The van der Waals surface area contributed by atoms with E-state index in [4.69, 9.17) is 4.74 Å². The Morgan fingerprint density at radius 2 is 2.00 bits per heavy atom. The Hall–Kier alpha value is -0.220. The molecule has 0 aromatic heterocycles. The molecule has 0 spiro atoms. The topological polar surface area (TPSA) is 21.3 Å². The SMILES string of the molecule is CCCNC(CCOCC(F)F)C1CCCC1. The number of hydrogen-bond acceptors (Lipinski definition) is 2. The van der Waals surface area contributed by atoms with Gasteiger partial charge in [-0.3, -0.25) is 0 Å². The second-order valence-electron chi connectivity index (χ2n) is 4.86. The van der Waals surface area contributed by atoms with Crippen molar-refractivity contribution in [3.63, 3.8) is 0 Å². The van der Waals surface area contributed by atoms with Crippen molar-refractivity contribution < 1.29 is 13.5 Å². The van der Waals surface area contributed by atoms with E-state index in [0.717, 1.165) is 25.3 Å². The summed E-state index contributed by atoms with van der Waals surface area (Å²) in [6, 6.07) is 0.454. The van der Waals surface area contributed by atoms with Gasteiger partial charge in [-0.25, -0.2) is 8.78 Å². The Balaban J connectivity index is 2.20. The molecule has 0 amide bonds. The van der Waals surface area contributed by atoms with Crippen LogP contribution >= 0.6 is 0 Å². The second-order valence-corrected chi connectivity index (χ2v) is 4.86. The molecule has 1 rings (SSSR count). The van der Waals surface area contributed by atoms with E-state index >= 15 is 0 Å². The van der Waals surface area contributed by atoms with Gasteiger partial charge in [-0.2, -0.15) is 0 Å². The zero-order valence-corrected chi connectivity index (χ0v) is 10.8. The monoisotopic (exact) mass is 249 g/mol. The molecule has 1 unspecified atom stereocenters. The lowest BCUT2D eigenvalue weighted by Gasteiger charge is -2.24. The quantitative estimate of drug-likeness (QED) is 0.633. The van der Waals surface area contributed by atoms with Crippen LogP contribution < -0.4 is 5.32 Å². The van der Waals surface area contributed by atoms with Crippen LogP contribution in [0.4, 0.5) is 8.78 Å². The summed E-state index contributed by atoms with van der Waals surface area (Å²) >= 11 is 0. The van der Waals surface area contributed by atoms with Crippen molar-refractivity contribution in [3.8, 4) is 0 Å². The molecule has 1 aliphatic carbocycles. The van der Waals surface area contributed by atoms with E-state index in [1.54, 1.807) is 0 Å². The van der Waals surface area contributed by atoms with Gasteiger partial charge < -0.3 is 10.1 Å². The largest absolute Gasteiger partial charge is 0.375 e. The average Bonchev–Trinajstić information content (AvgIpc) is 2.81. The fraction of sp³-hybridized carbons (Fsp3) is 1.00. The molecule has 0 saturated heterocycles. The molecule has 1 saturated carbocycles. The number of alkyl halides is 2. The van der Waals surface area contributed by atoms with Crippen LogP contribution in [-0.2, 0) is 4.74 Å². The fourth-order valence-electron chi connectivity index (χ4n) is 2.58. The smallest absolute Gasteiger partial charge is 0.261 e. The first-order valence-corrected chi connectivity index (χ1v) is 6.83. The molecule has 0 aromatic carbocycles. The zero-order chi connectivity index (χ0) is 12.5. The highest BCUT2D eigenvalue weighted by Gasteiger charge is 2.24. The van der Waals surface area contributed by atoms with Crippen LogP contribution in [0, 0.1) is 5.92 Å². The second kappa shape index (κ2) is 8.81. The van der Waals surface area contributed by atoms with Crippen LogP contribution in [0.5, 0.6) is 0 Å². The van der Waals surface area contributed by atoms with Crippen molar-refractivity contribution in [2.24, 2.45) is 5.92 Å². The summed E-state index contributed by atoms with van der Waals surface area (Å²) in [5.41, 5.74) is 0. The van der Waals surface area contributed by atoms with Gasteiger partial charge in [0.2, 0.25) is 0 Å². The van der Waals surface area contributed by atoms with Gasteiger partial charge in [-0.15, -0.1) is 0 Å². The number of ether oxygens (including phenoxy) is 1. The summed E-state index contributed by atoms with van der Waals surface area (Å²) in [6.45, 7) is 3.18.